The zero-order chi connectivity index (χ0) is 6.57. The zero-order valence-corrected chi connectivity index (χ0v) is 6.42. The lowest BCUT2D eigenvalue weighted by Gasteiger charge is -2.02. The Kier molecular flexibility index (Phi) is 4.01. The predicted octanol–water partition coefficient (Wildman–Crippen LogP) is 1.33. The molecule has 0 radical (unpaired) electrons. The monoisotopic (exact) mass is 132 g/mol. The Balaban J connectivity index is 3.39. The fourth-order valence-corrected chi connectivity index (χ4v) is 1.21. The molecule has 1 unspecified atom stereocenters. The van der Waals surface area contributed by atoms with Crippen LogP contribution in [0.2, 0.25) is 0 Å². The fourth-order valence-electron chi connectivity index (χ4n) is 0.404. The molecule has 1 atom stereocenters. The standard InChI is InChI=1S/C6H12OS/c1-4-6(2)5-8(3)7/h4H,5H2,1-3H3/b6-4+. The quantitative estimate of drug-likeness (QED) is 0.410. The van der Waals surface area contributed by atoms with E-state index in [0.717, 1.165) is 5.75 Å². The number of allylic oxidation sites excluding steroid dienone is 1. The first kappa shape index (κ1) is 8.05. The van der Waals surface area contributed by atoms with Gasteiger partial charge in [0, 0.05) is 0 Å². The maximum atomic E-state index is 10.5. The van der Waals surface area contributed by atoms with Crippen LogP contribution in [0.1, 0.15) is 13.8 Å². The fraction of sp³-hybridized carbons (Fsp3) is 0.667. The summed E-state index contributed by atoms with van der Waals surface area (Å²) in [5.74, 6) is 0.719. The van der Waals surface area contributed by atoms with E-state index in [1.54, 1.807) is 6.26 Å². The van der Waals surface area contributed by atoms with Crippen molar-refractivity contribution in [3.8, 4) is 0 Å². The first-order valence-corrected chi connectivity index (χ1v) is 4.31. The predicted molar refractivity (Wildman–Crippen MR) is 38.4 cm³/mol. The van der Waals surface area contributed by atoms with Gasteiger partial charge >= 0.3 is 0 Å². The molecule has 0 amide bonds. The van der Waals surface area contributed by atoms with Gasteiger partial charge in [-0.15, -0.1) is 0 Å². The van der Waals surface area contributed by atoms with Gasteiger partial charge in [-0.2, -0.15) is 0 Å². The van der Waals surface area contributed by atoms with Crippen molar-refractivity contribution in [3.05, 3.63) is 11.6 Å². The van der Waals surface area contributed by atoms with Crippen molar-refractivity contribution in [2.24, 2.45) is 0 Å². The number of hydrogen-bond acceptors (Lipinski definition) is 1. The molecule has 0 aromatic carbocycles. The average Bonchev–Trinajstić information content (AvgIpc) is 1.65. The van der Waals surface area contributed by atoms with Gasteiger partial charge in [-0.3, -0.25) is 0 Å². The molecule has 0 aromatic rings. The minimum Gasteiger partial charge on any atom is -0.616 e. The molecular weight excluding hydrogens is 120 g/mol. The third-order valence-corrected chi connectivity index (χ3v) is 1.79. The van der Waals surface area contributed by atoms with Crippen molar-refractivity contribution >= 4 is 11.2 Å². The molecule has 8 heavy (non-hydrogen) atoms. The van der Waals surface area contributed by atoms with Gasteiger partial charge in [-0.25, -0.2) is 0 Å². The van der Waals surface area contributed by atoms with Gasteiger partial charge in [0.2, 0.25) is 0 Å². The van der Waals surface area contributed by atoms with Crippen LogP contribution in [0.25, 0.3) is 0 Å². The molecule has 0 N–H and O–H groups in total. The van der Waals surface area contributed by atoms with Crippen LogP contribution >= 0.6 is 0 Å². The summed E-state index contributed by atoms with van der Waals surface area (Å²) in [4.78, 5) is 0. The van der Waals surface area contributed by atoms with Crippen molar-refractivity contribution in [1.29, 1.82) is 0 Å². The molecule has 1 nitrogen and oxygen atoms in total. The lowest BCUT2D eigenvalue weighted by atomic mass is 10.3. The van der Waals surface area contributed by atoms with E-state index >= 15 is 0 Å². The van der Waals surface area contributed by atoms with Gasteiger partial charge in [0.05, 0.1) is 6.26 Å². The van der Waals surface area contributed by atoms with Gasteiger partial charge in [0.15, 0.2) is 0 Å². The van der Waals surface area contributed by atoms with E-state index in [1.807, 2.05) is 19.9 Å². The van der Waals surface area contributed by atoms with Crippen molar-refractivity contribution in [1.82, 2.24) is 0 Å². The Hall–Kier alpha value is 0.0500. The second-order valence-electron chi connectivity index (χ2n) is 1.85. The molecule has 0 aliphatic rings. The molecule has 0 bridgehead atoms. The second-order valence-corrected chi connectivity index (χ2v) is 3.29. The van der Waals surface area contributed by atoms with E-state index < -0.39 is 11.2 Å². The summed E-state index contributed by atoms with van der Waals surface area (Å²) >= 11 is -0.664. The maximum absolute atomic E-state index is 10.5. The molecule has 0 saturated heterocycles. The van der Waals surface area contributed by atoms with Crippen LogP contribution in [0.3, 0.4) is 0 Å². The third-order valence-electron chi connectivity index (χ3n) is 0.924. The molecule has 0 saturated carbocycles. The van der Waals surface area contributed by atoms with Crippen LogP contribution in [0, 0.1) is 0 Å². The average molecular weight is 132 g/mol. The third kappa shape index (κ3) is 4.22. The van der Waals surface area contributed by atoms with Gasteiger partial charge in [-0.05, 0) is 19.4 Å². The molecule has 0 aliphatic heterocycles. The minimum absolute atomic E-state index is 0.664. The summed E-state index contributed by atoms with van der Waals surface area (Å²) in [7, 11) is 0. The van der Waals surface area contributed by atoms with Crippen LogP contribution in [0.5, 0.6) is 0 Å². The summed E-state index contributed by atoms with van der Waals surface area (Å²) < 4.78 is 10.5. The number of hydrogen-bond donors (Lipinski definition) is 0. The van der Waals surface area contributed by atoms with Gasteiger partial charge in [0.25, 0.3) is 0 Å². The van der Waals surface area contributed by atoms with Crippen LogP contribution in [-0.4, -0.2) is 16.6 Å². The van der Waals surface area contributed by atoms with Gasteiger partial charge in [0.1, 0.15) is 5.75 Å². The molecule has 0 spiro atoms. The molecular formula is C6H12OS. The highest BCUT2D eigenvalue weighted by Gasteiger charge is 1.95. The van der Waals surface area contributed by atoms with Gasteiger partial charge in [-0.1, -0.05) is 17.3 Å². The van der Waals surface area contributed by atoms with Crippen LogP contribution in [-0.2, 0) is 11.2 Å². The van der Waals surface area contributed by atoms with Gasteiger partial charge < -0.3 is 4.55 Å². The van der Waals surface area contributed by atoms with Crippen LogP contribution in [0.15, 0.2) is 11.6 Å². The Morgan fingerprint density at radius 2 is 2.25 bits per heavy atom. The summed E-state index contributed by atoms with van der Waals surface area (Å²) in [5.41, 5.74) is 1.20. The Bertz CT molecular complexity index is 86.5. The van der Waals surface area contributed by atoms with Crippen molar-refractivity contribution < 1.29 is 4.55 Å². The van der Waals surface area contributed by atoms with Crippen molar-refractivity contribution in [3.63, 3.8) is 0 Å². The minimum atomic E-state index is -0.664. The van der Waals surface area contributed by atoms with E-state index in [0.29, 0.717) is 0 Å². The second kappa shape index (κ2) is 3.98. The summed E-state index contributed by atoms with van der Waals surface area (Å²) in [6, 6.07) is 0. The topological polar surface area (TPSA) is 23.1 Å². The summed E-state index contributed by atoms with van der Waals surface area (Å²) in [5, 5.41) is 0. The van der Waals surface area contributed by atoms with E-state index in [9.17, 15) is 4.55 Å². The highest BCUT2D eigenvalue weighted by Crippen LogP contribution is 1.95. The first-order chi connectivity index (χ1) is 3.66. The van der Waals surface area contributed by atoms with Crippen LogP contribution in [0.4, 0.5) is 0 Å². The highest BCUT2D eigenvalue weighted by atomic mass is 32.2. The zero-order valence-electron chi connectivity index (χ0n) is 5.60. The van der Waals surface area contributed by atoms with E-state index in [4.69, 9.17) is 0 Å². The van der Waals surface area contributed by atoms with E-state index in [1.165, 1.54) is 5.57 Å². The maximum Gasteiger partial charge on any atom is 0.126 e. The molecule has 0 fully saturated rings. The summed E-state index contributed by atoms with van der Waals surface area (Å²) in [6.07, 6.45) is 3.70. The Morgan fingerprint density at radius 3 is 2.38 bits per heavy atom. The normalized spacial score (nSPS) is 16.2. The van der Waals surface area contributed by atoms with Crippen molar-refractivity contribution in [2.75, 3.05) is 12.0 Å². The molecule has 0 aromatic heterocycles. The Labute approximate surface area is 54.0 Å². The SMILES string of the molecule is C/C=C(\C)C[S+](C)[O-]. The molecule has 0 aliphatic carbocycles. The molecule has 2 heteroatoms. The molecule has 0 heterocycles. The smallest absolute Gasteiger partial charge is 0.126 e. The molecule has 0 rings (SSSR count). The lowest BCUT2D eigenvalue weighted by Crippen LogP contribution is -2.03. The summed E-state index contributed by atoms with van der Waals surface area (Å²) in [6.45, 7) is 3.95. The lowest BCUT2D eigenvalue weighted by molar-refractivity contribution is 0.603. The molecule has 48 valence electrons. The first-order valence-electron chi connectivity index (χ1n) is 2.58. The highest BCUT2D eigenvalue weighted by molar-refractivity contribution is 7.90. The van der Waals surface area contributed by atoms with Crippen LogP contribution < -0.4 is 0 Å². The van der Waals surface area contributed by atoms with Crippen molar-refractivity contribution in [2.45, 2.75) is 13.8 Å². The largest absolute Gasteiger partial charge is 0.616 e. The van der Waals surface area contributed by atoms with E-state index in [2.05, 4.69) is 0 Å². The van der Waals surface area contributed by atoms with E-state index in [-0.39, 0.29) is 0 Å². The Morgan fingerprint density at radius 1 is 1.75 bits per heavy atom. The number of rotatable bonds is 2.